The highest BCUT2D eigenvalue weighted by molar-refractivity contribution is 7.22. The maximum atomic E-state index is 13.5. The third kappa shape index (κ3) is 4.19. The first kappa shape index (κ1) is 20.1. The summed E-state index contributed by atoms with van der Waals surface area (Å²) < 4.78 is 12.1. The first-order valence-electron chi connectivity index (χ1n) is 10.1. The zero-order valence-electron chi connectivity index (χ0n) is 17.0. The van der Waals surface area contributed by atoms with E-state index in [0.717, 1.165) is 46.0 Å². The second-order valence-corrected chi connectivity index (χ2v) is 9.15. The Kier molecular flexibility index (Phi) is 5.67. The van der Waals surface area contributed by atoms with Crippen LogP contribution in [0.15, 0.2) is 53.9 Å². The zero-order valence-corrected chi connectivity index (χ0v) is 18.6. The van der Waals surface area contributed by atoms with Crippen molar-refractivity contribution in [2.24, 2.45) is 0 Å². The fraction of sp³-hybridized carbons (Fsp3) is 0.261. The average molecular weight is 452 g/mol. The number of benzene rings is 2. The van der Waals surface area contributed by atoms with Gasteiger partial charge in [0.2, 0.25) is 0 Å². The minimum atomic E-state index is -0.148. The van der Waals surface area contributed by atoms with Gasteiger partial charge in [-0.25, -0.2) is 9.97 Å². The van der Waals surface area contributed by atoms with Gasteiger partial charge in [-0.1, -0.05) is 23.5 Å². The second kappa shape index (κ2) is 8.74. The van der Waals surface area contributed by atoms with E-state index >= 15 is 0 Å². The van der Waals surface area contributed by atoms with E-state index in [2.05, 4.69) is 4.98 Å². The van der Waals surface area contributed by atoms with Crippen molar-refractivity contribution in [2.45, 2.75) is 18.9 Å². The second-order valence-electron chi connectivity index (χ2n) is 7.28. The monoisotopic (exact) mass is 451 g/mol. The fourth-order valence-corrected chi connectivity index (χ4v) is 5.36. The largest absolute Gasteiger partial charge is 0.497 e. The number of anilines is 1. The number of aromatic nitrogens is 2. The van der Waals surface area contributed by atoms with Crippen LogP contribution in [0.5, 0.6) is 5.75 Å². The molecule has 2 aromatic heterocycles. The minimum Gasteiger partial charge on any atom is -0.497 e. The number of carbonyl (C=O) groups is 1. The average Bonchev–Trinajstić information content (AvgIpc) is 3.57. The van der Waals surface area contributed by atoms with Crippen LogP contribution >= 0.6 is 22.7 Å². The summed E-state index contributed by atoms with van der Waals surface area (Å²) in [5, 5.41) is 3.30. The Bertz CT molecular complexity index is 1160. The molecule has 158 valence electrons. The van der Waals surface area contributed by atoms with Crippen molar-refractivity contribution in [1.29, 1.82) is 0 Å². The Balaban J connectivity index is 1.45. The van der Waals surface area contributed by atoms with Gasteiger partial charge in [0, 0.05) is 17.6 Å². The molecule has 1 aliphatic heterocycles. The smallest absolute Gasteiger partial charge is 0.279 e. The van der Waals surface area contributed by atoms with Crippen molar-refractivity contribution in [3.8, 4) is 16.3 Å². The van der Waals surface area contributed by atoms with Crippen molar-refractivity contribution in [1.82, 2.24) is 9.97 Å². The standard InChI is InChI=1S/C23H21N3O3S2/c1-28-16-10-8-15(9-11-16)21-24-19(14-30-21)22(27)26(13-17-5-4-12-29-17)23-25-18-6-2-3-7-20(18)31-23/h2-3,6-11,14,17H,4-5,12-13H2,1H3. The molecule has 1 fully saturated rings. The Hall–Kier alpha value is -2.81. The quantitative estimate of drug-likeness (QED) is 0.400. The van der Waals surface area contributed by atoms with Crippen LogP contribution in [0.4, 0.5) is 5.13 Å². The molecule has 6 nitrogen and oxygen atoms in total. The van der Waals surface area contributed by atoms with Gasteiger partial charge >= 0.3 is 0 Å². The van der Waals surface area contributed by atoms with Gasteiger partial charge in [0.05, 0.1) is 30.0 Å². The Labute approximate surface area is 188 Å². The van der Waals surface area contributed by atoms with Crippen LogP contribution in [0.3, 0.4) is 0 Å². The summed E-state index contributed by atoms with van der Waals surface area (Å²) >= 11 is 2.98. The Morgan fingerprint density at radius 3 is 2.77 bits per heavy atom. The van der Waals surface area contributed by atoms with Gasteiger partial charge in [-0.2, -0.15) is 0 Å². The molecule has 31 heavy (non-hydrogen) atoms. The van der Waals surface area contributed by atoms with Crippen LogP contribution in [0.1, 0.15) is 23.3 Å². The third-order valence-electron chi connectivity index (χ3n) is 5.23. The number of amides is 1. The van der Waals surface area contributed by atoms with Crippen LogP contribution in [0, 0.1) is 0 Å². The summed E-state index contributed by atoms with van der Waals surface area (Å²) in [6.45, 7) is 1.22. The summed E-state index contributed by atoms with van der Waals surface area (Å²) in [5.41, 5.74) is 2.27. The number of para-hydroxylation sites is 1. The maximum absolute atomic E-state index is 13.5. The molecular weight excluding hydrogens is 430 g/mol. The van der Waals surface area contributed by atoms with Crippen molar-refractivity contribution in [2.75, 3.05) is 25.2 Å². The molecule has 1 unspecified atom stereocenters. The van der Waals surface area contributed by atoms with Gasteiger partial charge in [0.25, 0.3) is 5.91 Å². The normalized spacial score (nSPS) is 16.0. The topological polar surface area (TPSA) is 64.5 Å². The highest BCUT2D eigenvalue weighted by Gasteiger charge is 2.28. The molecule has 8 heteroatoms. The molecule has 0 saturated carbocycles. The number of methoxy groups -OCH3 is 1. The molecule has 1 saturated heterocycles. The summed E-state index contributed by atoms with van der Waals surface area (Å²) in [5.74, 6) is 0.640. The van der Waals surface area contributed by atoms with Gasteiger partial charge in [-0.05, 0) is 49.2 Å². The zero-order chi connectivity index (χ0) is 21.2. The third-order valence-corrected chi connectivity index (χ3v) is 7.18. The molecular formula is C23H21N3O3S2. The maximum Gasteiger partial charge on any atom is 0.279 e. The van der Waals surface area contributed by atoms with Gasteiger partial charge in [-0.15, -0.1) is 11.3 Å². The SMILES string of the molecule is COc1ccc(-c2nc(C(=O)N(CC3CCCO3)c3nc4ccccc4s3)cs2)cc1. The molecule has 0 radical (unpaired) electrons. The lowest BCUT2D eigenvalue weighted by Gasteiger charge is -2.22. The number of fused-ring (bicyclic) bond motifs is 1. The number of carbonyl (C=O) groups excluding carboxylic acids is 1. The van der Waals surface area contributed by atoms with E-state index < -0.39 is 0 Å². The van der Waals surface area contributed by atoms with E-state index in [-0.39, 0.29) is 12.0 Å². The van der Waals surface area contributed by atoms with Crippen molar-refractivity contribution in [3.05, 3.63) is 59.6 Å². The van der Waals surface area contributed by atoms with E-state index in [1.165, 1.54) is 22.7 Å². The summed E-state index contributed by atoms with van der Waals surface area (Å²) in [4.78, 5) is 24.6. The Morgan fingerprint density at radius 2 is 2.03 bits per heavy atom. The number of ether oxygens (including phenoxy) is 2. The van der Waals surface area contributed by atoms with E-state index in [1.807, 2.05) is 53.9 Å². The minimum absolute atomic E-state index is 0.0238. The lowest BCUT2D eigenvalue weighted by atomic mass is 10.2. The highest BCUT2D eigenvalue weighted by atomic mass is 32.1. The lowest BCUT2D eigenvalue weighted by molar-refractivity contribution is 0.0914. The molecule has 0 aliphatic carbocycles. The summed E-state index contributed by atoms with van der Waals surface area (Å²) in [6, 6.07) is 15.6. The molecule has 1 atom stereocenters. The molecule has 5 rings (SSSR count). The predicted molar refractivity (Wildman–Crippen MR) is 124 cm³/mol. The van der Waals surface area contributed by atoms with E-state index in [1.54, 1.807) is 12.0 Å². The van der Waals surface area contributed by atoms with Gasteiger partial charge < -0.3 is 9.47 Å². The molecule has 2 aromatic carbocycles. The number of hydrogen-bond donors (Lipinski definition) is 0. The van der Waals surface area contributed by atoms with Crippen molar-refractivity contribution >= 4 is 43.9 Å². The van der Waals surface area contributed by atoms with Crippen molar-refractivity contribution in [3.63, 3.8) is 0 Å². The van der Waals surface area contributed by atoms with E-state index in [9.17, 15) is 4.79 Å². The highest BCUT2D eigenvalue weighted by Crippen LogP contribution is 2.32. The molecule has 0 spiro atoms. The lowest BCUT2D eigenvalue weighted by Crippen LogP contribution is -2.37. The first-order chi connectivity index (χ1) is 15.2. The van der Waals surface area contributed by atoms with Crippen LogP contribution < -0.4 is 9.64 Å². The van der Waals surface area contributed by atoms with Crippen molar-refractivity contribution < 1.29 is 14.3 Å². The molecule has 1 amide bonds. The van der Waals surface area contributed by atoms with Crippen LogP contribution in [0.25, 0.3) is 20.8 Å². The molecule has 3 heterocycles. The number of hydrogen-bond acceptors (Lipinski definition) is 7. The number of thiazole rings is 2. The summed E-state index contributed by atoms with van der Waals surface area (Å²) in [6.07, 6.45) is 1.99. The van der Waals surface area contributed by atoms with Gasteiger partial charge in [0.1, 0.15) is 16.5 Å². The van der Waals surface area contributed by atoms with E-state index in [4.69, 9.17) is 14.5 Å². The van der Waals surface area contributed by atoms with Gasteiger partial charge in [-0.3, -0.25) is 9.69 Å². The fourth-order valence-electron chi connectivity index (χ4n) is 3.59. The van der Waals surface area contributed by atoms with E-state index in [0.29, 0.717) is 17.4 Å². The molecule has 0 bridgehead atoms. The van der Waals surface area contributed by atoms with Crippen LogP contribution in [0.2, 0.25) is 0 Å². The molecule has 4 aromatic rings. The molecule has 0 N–H and O–H groups in total. The number of rotatable bonds is 6. The van der Waals surface area contributed by atoms with Gasteiger partial charge in [0.15, 0.2) is 5.13 Å². The van der Waals surface area contributed by atoms with Crippen LogP contribution in [-0.2, 0) is 4.74 Å². The Morgan fingerprint density at radius 1 is 1.19 bits per heavy atom. The number of nitrogens with zero attached hydrogens (tertiary/aromatic N) is 3. The molecule has 1 aliphatic rings. The van der Waals surface area contributed by atoms with Crippen LogP contribution in [-0.4, -0.2) is 42.2 Å². The first-order valence-corrected chi connectivity index (χ1v) is 11.8. The predicted octanol–water partition coefficient (Wildman–Crippen LogP) is 5.25. The summed E-state index contributed by atoms with van der Waals surface area (Å²) in [7, 11) is 1.64.